The molecule has 0 saturated heterocycles. The Morgan fingerprint density at radius 1 is 0.941 bits per heavy atom. The first kappa shape index (κ1) is 12.3. The molecule has 0 radical (unpaired) electrons. The third-order valence-corrected chi connectivity index (χ3v) is 3.16. The average molecular weight is 290 g/mol. The molecule has 1 N–H and O–H groups in total. The van der Waals surface area contributed by atoms with Crippen LogP contribution in [0.3, 0.4) is 0 Å². The zero-order chi connectivity index (χ0) is 12.1. The first-order chi connectivity index (χ1) is 8.28. The van der Waals surface area contributed by atoms with E-state index in [4.69, 9.17) is 0 Å². The van der Waals surface area contributed by atoms with Crippen LogP contribution in [0.2, 0.25) is 0 Å². The van der Waals surface area contributed by atoms with Crippen molar-refractivity contribution in [3.63, 3.8) is 0 Å². The molecule has 0 aromatic heterocycles. The van der Waals surface area contributed by atoms with Crippen molar-refractivity contribution in [1.29, 1.82) is 0 Å². The lowest BCUT2D eigenvalue weighted by Crippen LogP contribution is -2.05. The summed E-state index contributed by atoms with van der Waals surface area (Å²) in [6.45, 7) is 0.923. The van der Waals surface area contributed by atoms with Crippen LogP contribution in [0.15, 0.2) is 53.0 Å². The maximum Gasteiger partial charge on any atom is 0.0202 e. The predicted molar refractivity (Wildman–Crippen MR) is 76.2 cm³/mol. The van der Waals surface area contributed by atoms with Gasteiger partial charge in [-0.25, -0.2) is 0 Å². The fourth-order valence-corrected chi connectivity index (χ4v) is 2.38. The van der Waals surface area contributed by atoms with Gasteiger partial charge in [0.2, 0.25) is 0 Å². The molecular weight excluding hydrogens is 274 g/mol. The van der Waals surface area contributed by atoms with Gasteiger partial charge in [-0.2, -0.15) is 0 Å². The topological polar surface area (TPSA) is 12.0 Å². The molecule has 0 saturated carbocycles. The lowest BCUT2D eigenvalue weighted by molar-refractivity contribution is 0.816. The van der Waals surface area contributed by atoms with Gasteiger partial charge in [0.15, 0.2) is 0 Å². The van der Waals surface area contributed by atoms with Gasteiger partial charge in [0.25, 0.3) is 0 Å². The van der Waals surface area contributed by atoms with Crippen molar-refractivity contribution in [2.45, 2.75) is 13.0 Å². The number of hydrogen-bond donors (Lipinski definition) is 1. The second-order valence-electron chi connectivity index (χ2n) is 4.16. The SMILES string of the molecule is CNCc1cccc(Cc2cccc(Br)c2)c1. The molecule has 88 valence electrons. The van der Waals surface area contributed by atoms with E-state index in [1.165, 1.54) is 16.7 Å². The van der Waals surface area contributed by atoms with Gasteiger partial charge in [-0.3, -0.25) is 0 Å². The van der Waals surface area contributed by atoms with Crippen LogP contribution in [-0.2, 0) is 13.0 Å². The molecular formula is C15H16BrN. The van der Waals surface area contributed by atoms with Crippen molar-refractivity contribution in [2.75, 3.05) is 7.05 Å². The maximum atomic E-state index is 3.50. The van der Waals surface area contributed by atoms with E-state index in [0.717, 1.165) is 17.4 Å². The van der Waals surface area contributed by atoms with Crippen molar-refractivity contribution in [3.8, 4) is 0 Å². The van der Waals surface area contributed by atoms with Crippen LogP contribution in [0.4, 0.5) is 0 Å². The standard InChI is InChI=1S/C15H16BrN/c1-17-11-14-6-2-4-12(9-14)8-13-5-3-7-15(16)10-13/h2-7,9-10,17H,8,11H2,1H3. The minimum Gasteiger partial charge on any atom is -0.316 e. The van der Waals surface area contributed by atoms with Crippen LogP contribution < -0.4 is 5.32 Å². The summed E-state index contributed by atoms with van der Waals surface area (Å²) in [5.74, 6) is 0. The lowest BCUT2D eigenvalue weighted by Gasteiger charge is -2.05. The highest BCUT2D eigenvalue weighted by Crippen LogP contribution is 2.16. The third-order valence-electron chi connectivity index (χ3n) is 2.67. The van der Waals surface area contributed by atoms with Crippen molar-refractivity contribution >= 4 is 15.9 Å². The van der Waals surface area contributed by atoms with Crippen LogP contribution in [0.5, 0.6) is 0 Å². The molecule has 0 aliphatic rings. The van der Waals surface area contributed by atoms with Crippen molar-refractivity contribution in [1.82, 2.24) is 5.32 Å². The zero-order valence-corrected chi connectivity index (χ0v) is 11.5. The Balaban J connectivity index is 2.15. The molecule has 0 amide bonds. The summed E-state index contributed by atoms with van der Waals surface area (Å²) in [6, 6.07) is 17.2. The Kier molecular flexibility index (Phi) is 4.35. The molecule has 0 spiro atoms. The normalized spacial score (nSPS) is 10.5. The minimum atomic E-state index is 0.923. The highest BCUT2D eigenvalue weighted by atomic mass is 79.9. The van der Waals surface area contributed by atoms with Gasteiger partial charge in [-0.15, -0.1) is 0 Å². The largest absolute Gasteiger partial charge is 0.316 e. The molecule has 0 aliphatic carbocycles. The Morgan fingerprint density at radius 2 is 1.59 bits per heavy atom. The Bertz CT molecular complexity index is 494. The molecule has 2 rings (SSSR count). The van der Waals surface area contributed by atoms with E-state index < -0.39 is 0 Å². The third kappa shape index (κ3) is 3.69. The van der Waals surface area contributed by atoms with Gasteiger partial charge in [0.05, 0.1) is 0 Å². The van der Waals surface area contributed by atoms with E-state index in [1.807, 2.05) is 7.05 Å². The number of halogens is 1. The molecule has 0 heterocycles. The van der Waals surface area contributed by atoms with E-state index in [1.54, 1.807) is 0 Å². The molecule has 0 atom stereocenters. The number of nitrogens with one attached hydrogen (secondary N) is 1. The van der Waals surface area contributed by atoms with Gasteiger partial charge < -0.3 is 5.32 Å². The highest BCUT2D eigenvalue weighted by Gasteiger charge is 1.98. The fraction of sp³-hybridized carbons (Fsp3) is 0.200. The van der Waals surface area contributed by atoms with E-state index in [9.17, 15) is 0 Å². The molecule has 2 aromatic carbocycles. The first-order valence-electron chi connectivity index (χ1n) is 5.75. The number of benzene rings is 2. The van der Waals surface area contributed by atoms with Crippen LogP contribution in [0.25, 0.3) is 0 Å². The molecule has 0 fully saturated rings. The molecule has 0 bridgehead atoms. The molecule has 2 heteroatoms. The Labute approximate surface area is 111 Å². The monoisotopic (exact) mass is 289 g/mol. The van der Waals surface area contributed by atoms with Crippen LogP contribution in [0, 0.1) is 0 Å². The van der Waals surface area contributed by atoms with E-state index in [0.29, 0.717) is 0 Å². The molecule has 2 aromatic rings. The minimum absolute atomic E-state index is 0.923. The summed E-state index contributed by atoms with van der Waals surface area (Å²) in [5.41, 5.74) is 4.02. The first-order valence-corrected chi connectivity index (χ1v) is 6.54. The van der Waals surface area contributed by atoms with E-state index >= 15 is 0 Å². The highest BCUT2D eigenvalue weighted by molar-refractivity contribution is 9.10. The smallest absolute Gasteiger partial charge is 0.0202 e. The summed E-state index contributed by atoms with van der Waals surface area (Å²) in [6.07, 6.45) is 0.983. The van der Waals surface area contributed by atoms with Gasteiger partial charge in [-0.1, -0.05) is 52.3 Å². The molecule has 0 aliphatic heterocycles. The van der Waals surface area contributed by atoms with Gasteiger partial charge in [0.1, 0.15) is 0 Å². The fourth-order valence-electron chi connectivity index (χ4n) is 1.94. The summed E-state index contributed by atoms with van der Waals surface area (Å²) < 4.78 is 1.14. The van der Waals surface area contributed by atoms with Gasteiger partial charge in [-0.05, 0) is 42.3 Å². The Morgan fingerprint density at radius 3 is 2.29 bits per heavy atom. The maximum absolute atomic E-state index is 3.50. The van der Waals surface area contributed by atoms with Crippen LogP contribution in [0.1, 0.15) is 16.7 Å². The molecule has 0 unspecified atom stereocenters. The van der Waals surface area contributed by atoms with Gasteiger partial charge in [0, 0.05) is 11.0 Å². The second kappa shape index (κ2) is 5.99. The quantitative estimate of drug-likeness (QED) is 0.904. The van der Waals surface area contributed by atoms with Crippen molar-refractivity contribution in [3.05, 3.63) is 69.7 Å². The van der Waals surface area contributed by atoms with Crippen LogP contribution in [-0.4, -0.2) is 7.05 Å². The molecule has 17 heavy (non-hydrogen) atoms. The van der Waals surface area contributed by atoms with Gasteiger partial charge >= 0.3 is 0 Å². The van der Waals surface area contributed by atoms with Crippen LogP contribution >= 0.6 is 15.9 Å². The zero-order valence-electron chi connectivity index (χ0n) is 9.91. The Hall–Kier alpha value is -1.12. The number of rotatable bonds is 4. The predicted octanol–water partition coefficient (Wildman–Crippen LogP) is 3.76. The van der Waals surface area contributed by atoms with E-state index in [2.05, 4.69) is 69.8 Å². The second-order valence-corrected chi connectivity index (χ2v) is 5.07. The summed E-state index contributed by atoms with van der Waals surface area (Å²) >= 11 is 3.50. The summed E-state index contributed by atoms with van der Waals surface area (Å²) in [5, 5.41) is 3.18. The van der Waals surface area contributed by atoms with Crippen molar-refractivity contribution < 1.29 is 0 Å². The molecule has 1 nitrogen and oxygen atoms in total. The average Bonchev–Trinajstić information content (AvgIpc) is 2.30. The van der Waals surface area contributed by atoms with E-state index in [-0.39, 0.29) is 0 Å². The summed E-state index contributed by atoms with van der Waals surface area (Å²) in [4.78, 5) is 0. The summed E-state index contributed by atoms with van der Waals surface area (Å²) in [7, 11) is 1.97. The van der Waals surface area contributed by atoms with Crippen molar-refractivity contribution in [2.24, 2.45) is 0 Å². The number of hydrogen-bond acceptors (Lipinski definition) is 1. The lowest BCUT2D eigenvalue weighted by atomic mass is 10.0.